The van der Waals surface area contributed by atoms with Crippen LogP contribution in [-0.4, -0.2) is 23.0 Å². The molecule has 0 spiro atoms. The van der Waals surface area contributed by atoms with Crippen molar-refractivity contribution in [3.63, 3.8) is 0 Å². The van der Waals surface area contributed by atoms with Crippen LogP contribution in [0, 0.1) is 5.41 Å². The first-order valence-corrected chi connectivity index (χ1v) is 11.1. The number of esters is 1. The van der Waals surface area contributed by atoms with Crippen LogP contribution >= 0.6 is 35.1 Å². The maximum absolute atomic E-state index is 12.7. The van der Waals surface area contributed by atoms with E-state index < -0.39 is 0 Å². The molecule has 144 valence electrons. The Morgan fingerprint density at radius 3 is 2.86 bits per heavy atom. The number of carbonyl (C=O) groups excluding carboxylic acids is 1. The highest BCUT2D eigenvalue weighted by Crippen LogP contribution is 2.54. The number of aromatic nitrogens is 1. The maximum atomic E-state index is 12.7. The maximum Gasteiger partial charge on any atom is 0.335 e. The number of ether oxygens (including phenoxy) is 1. The van der Waals surface area contributed by atoms with E-state index in [4.69, 9.17) is 21.7 Å². The molecule has 1 aromatic heterocycles. The van der Waals surface area contributed by atoms with Crippen LogP contribution in [0.1, 0.15) is 31.0 Å². The summed E-state index contributed by atoms with van der Waals surface area (Å²) < 4.78 is 8.23. The highest BCUT2D eigenvalue weighted by molar-refractivity contribution is 8.23. The van der Waals surface area contributed by atoms with Crippen molar-refractivity contribution >= 4 is 46.9 Å². The summed E-state index contributed by atoms with van der Waals surface area (Å²) in [6.07, 6.45) is 1.88. The molecule has 7 heteroatoms. The molecule has 3 heterocycles. The van der Waals surface area contributed by atoms with Crippen LogP contribution in [0.15, 0.2) is 62.9 Å². The Bertz CT molecular complexity index is 1040. The van der Waals surface area contributed by atoms with Gasteiger partial charge in [-0.1, -0.05) is 41.6 Å². The molecular weight excluding hydrogens is 412 g/mol. The van der Waals surface area contributed by atoms with Gasteiger partial charge in [0.25, 0.3) is 0 Å². The average molecular weight is 431 g/mol. The molecule has 0 fully saturated rings. The van der Waals surface area contributed by atoms with Crippen molar-refractivity contribution in [2.24, 2.45) is 0 Å². The minimum atomic E-state index is -0.299. The molecule has 0 aliphatic carbocycles. The molecule has 1 N–H and O–H groups in total. The lowest BCUT2D eigenvalue weighted by atomic mass is 9.90. The molecule has 0 saturated heterocycles. The summed E-state index contributed by atoms with van der Waals surface area (Å²) in [6, 6.07) is 11.7. The molecule has 4 rings (SSSR count). The third kappa shape index (κ3) is 3.23. The molecule has 1 aromatic carbocycles. The Morgan fingerprint density at radius 1 is 1.32 bits per heavy atom. The van der Waals surface area contributed by atoms with Crippen LogP contribution in [-0.2, 0) is 15.3 Å². The Kier molecular flexibility index (Phi) is 5.45. The standard InChI is InChI=1S/C21H19ClN2O2S2/c1-3-26-20(25)16-12(2)28-21(27-11-13-7-4-5-8-14(13)22)18-17(16)15-9-6-10-24(15)19(18)23/h4-10,17,23H,3,11H2,1-2H3. The molecule has 1 atom stereocenters. The summed E-state index contributed by atoms with van der Waals surface area (Å²) in [5.74, 6) is 0.584. The molecule has 28 heavy (non-hydrogen) atoms. The first-order chi connectivity index (χ1) is 13.5. The van der Waals surface area contributed by atoms with Gasteiger partial charge in [-0.15, -0.1) is 11.8 Å². The van der Waals surface area contributed by atoms with E-state index >= 15 is 0 Å². The fourth-order valence-electron chi connectivity index (χ4n) is 3.54. The monoisotopic (exact) mass is 430 g/mol. The number of fused-ring (bicyclic) bond motifs is 3. The fraction of sp³-hybridized carbons (Fsp3) is 0.238. The molecule has 4 nitrogen and oxygen atoms in total. The van der Waals surface area contributed by atoms with E-state index in [0.29, 0.717) is 23.8 Å². The number of halogens is 1. The molecular formula is C21H19ClN2O2S2. The fourth-order valence-corrected chi connectivity index (χ4v) is 6.43. The third-order valence-electron chi connectivity index (χ3n) is 4.81. The summed E-state index contributed by atoms with van der Waals surface area (Å²) >= 11 is 9.53. The number of benzene rings is 1. The van der Waals surface area contributed by atoms with E-state index in [2.05, 4.69) is 0 Å². The smallest absolute Gasteiger partial charge is 0.335 e. The van der Waals surface area contributed by atoms with Crippen molar-refractivity contribution in [3.05, 3.63) is 79.2 Å². The second kappa shape index (κ2) is 7.85. The zero-order valence-corrected chi connectivity index (χ0v) is 17.9. The van der Waals surface area contributed by atoms with Crippen molar-refractivity contribution in [1.29, 1.82) is 5.41 Å². The van der Waals surface area contributed by atoms with Gasteiger partial charge < -0.3 is 9.30 Å². The highest BCUT2D eigenvalue weighted by atomic mass is 35.5. The Hall–Kier alpha value is -1.89. The van der Waals surface area contributed by atoms with Crippen LogP contribution in [0.5, 0.6) is 0 Å². The second-order valence-corrected chi connectivity index (χ2v) is 9.33. The first-order valence-electron chi connectivity index (χ1n) is 8.95. The average Bonchev–Trinajstić information content (AvgIpc) is 3.24. The zero-order chi connectivity index (χ0) is 19.8. The quantitative estimate of drug-likeness (QED) is 0.609. The van der Waals surface area contributed by atoms with Crippen LogP contribution in [0.25, 0.3) is 0 Å². The van der Waals surface area contributed by atoms with Gasteiger partial charge in [0.2, 0.25) is 0 Å². The molecule has 2 aromatic rings. The highest BCUT2D eigenvalue weighted by Gasteiger charge is 2.43. The molecule has 0 radical (unpaired) electrons. The first kappa shape index (κ1) is 19.4. The summed E-state index contributed by atoms with van der Waals surface area (Å²) in [5.41, 5.74) is 3.53. The number of nitrogens with zero attached hydrogens (tertiary/aromatic N) is 1. The van der Waals surface area contributed by atoms with Crippen molar-refractivity contribution in [2.45, 2.75) is 25.5 Å². The van der Waals surface area contributed by atoms with E-state index in [0.717, 1.165) is 31.0 Å². The van der Waals surface area contributed by atoms with Gasteiger partial charge in [0.05, 0.1) is 22.3 Å². The van der Waals surface area contributed by atoms with Crippen molar-refractivity contribution in [2.75, 3.05) is 6.61 Å². The van der Waals surface area contributed by atoms with Gasteiger partial charge in [0, 0.05) is 28.2 Å². The Balaban J connectivity index is 1.73. The number of hydrogen-bond donors (Lipinski definition) is 1. The van der Waals surface area contributed by atoms with E-state index in [9.17, 15) is 4.79 Å². The lowest BCUT2D eigenvalue weighted by molar-refractivity contribution is -0.138. The van der Waals surface area contributed by atoms with Gasteiger partial charge in [-0.25, -0.2) is 4.79 Å². The van der Waals surface area contributed by atoms with Crippen molar-refractivity contribution in [1.82, 2.24) is 4.57 Å². The second-order valence-electron chi connectivity index (χ2n) is 6.46. The number of thioether (sulfide) groups is 2. The Morgan fingerprint density at radius 2 is 2.11 bits per heavy atom. The molecule has 1 unspecified atom stereocenters. The van der Waals surface area contributed by atoms with Gasteiger partial charge >= 0.3 is 5.97 Å². The SMILES string of the molecule is CCOC(=O)C1=C(C)SC(SCc2ccccc2Cl)=C2C(=N)n3cccc3C12. The number of rotatable bonds is 5. The predicted molar refractivity (Wildman–Crippen MR) is 117 cm³/mol. The third-order valence-corrected chi connectivity index (χ3v) is 7.65. The lowest BCUT2D eigenvalue weighted by Crippen LogP contribution is -2.19. The minimum Gasteiger partial charge on any atom is -0.463 e. The summed E-state index contributed by atoms with van der Waals surface area (Å²) in [7, 11) is 0. The van der Waals surface area contributed by atoms with E-state index in [1.54, 1.807) is 23.5 Å². The zero-order valence-electron chi connectivity index (χ0n) is 15.5. The van der Waals surface area contributed by atoms with Gasteiger partial charge in [-0.3, -0.25) is 5.41 Å². The molecule has 0 saturated carbocycles. The van der Waals surface area contributed by atoms with Crippen LogP contribution in [0.3, 0.4) is 0 Å². The number of carbonyl (C=O) groups is 1. The van der Waals surface area contributed by atoms with E-state index in [-0.39, 0.29) is 11.9 Å². The summed E-state index contributed by atoms with van der Waals surface area (Å²) in [5, 5.41) is 9.45. The Labute approximate surface area is 177 Å². The molecule has 2 aliphatic rings. The van der Waals surface area contributed by atoms with Gasteiger partial charge in [-0.05, 0) is 42.5 Å². The molecule has 0 amide bonds. The van der Waals surface area contributed by atoms with Crippen molar-refractivity contribution < 1.29 is 9.53 Å². The van der Waals surface area contributed by atoms with E-state index in [1.165, 1.54) is 0 Å². The molecule has 2 aliphatic heterocycles. The summed E-state index contributed by atoms with van der Waals surface area (Å²) in [6.45, 7) is 4.10. The van der Waals surface area contributed by atoms with Crippen LogP contribution < -0.4 is 0 Å². The van der Waals surface area contributed by atoms with Crippen molar-refractivity contribution in [3.8, 4) is 0 Å². The number of allylic oxidation sites excluding steroid dienone is 2. The number of nitrogens with one attached hydrogen (secondary N) is 1. The van der Waals surface area contributed by atoms with Gasteiger partial charge in [-0.2, -0.15) is 0 Å². The topological polar surface area (TPSA) is 55.1 Å². The lowest BCUT2D eigenvalue weighted by Gasteiger charge is -2.25. The van der Waals surface area contributed by atoms with Gasteiger partial charge in [0.15, 0.2) is 0 Å². The number of hydrogen-bond acceptors (Lipinski definition) is 5. The summed E-state index contributed by atoms with van der Waals surface area (Å²) in [4.78, 5) is 13.6. The van der Waals surface area contributed by atoms with Gasteiger partial charge in [0.1, 0.15) is 5.84 Å². The predicted octanol–water partition coefficient (Wildman–Crippen LogP) is 5.79. The largest absolute Gasteiger partial charge is 0.463 e. The molecule has 0 bridgehead atoms. The normalized spacial score (nSPS) is 18.4. The minimum absolute atomic E-state index is 0.253. The van der Waals surface area contributed by atoms with Crippen LogP contribution in [0.2, 0.25) is 5.02 Å². The van der Waals surface area contributed by atoms with E-state index in [1.807, 2.05) is 61.0 Å². The van der Waals surface area contributed by atoms with Crippen LogP contribution in [0.4, 0.5) is 0 Å².